The van der Waals surface area contributed by atoms with Crippen molar-refractivity contribution >= 4 is 28.3 Å². The van der Waals surface area contributed by atoms with E-state index in [1.807, 2.05) is 42.5 Å². The van der Waals surface area contributed by atoms with Gasteiger partial charge in [0.05, 0.1) is 17.1 Å². The first kappa shape index (κ1) is 16.3. The smallest absolute Gasteiger partial charge is 0.252 e. The van der Waals surface area contributed by atoms with E-state index in [9.17, 15) is 9.18 Å². The standard InChI is InChI=1S/C19H15ClFNO2/c20-18-12-15(21)6-8-17(18)19(23)22-9-10-24-16-7-5-13-3-1-2-4-14(13)11-16/h1-8,11-12H,9-10H2,(H,22,23). The summed E-state index contributed by atoms with van der Waals surface area (Å²) < 4.78 is 18.6. The number of benzene rings is 3. The van der Waals surface area contributed by atoms with Gasteiger partial charge in [-0.3, -0.25) is 4.79 Å². The lowest BCUT2D eigenvalue weighted by Gasteiger charge is -2.09. The van der Waals surface area contributed by atoms with Crippen molar-refractivity contribution in [2.24, 2.45) is 0 Å². The summed E-state index contributed by atoms with van der Waals surface area (Å²) in [5.41, 5.74) is 0.240. The molecule has 1 amide bonds. The van der Waals surface area contributed by atoms with Gasteiger partial charge in [0.15, 0.2) is 0 Å². The molecule has 24 heavy (non-hydrogen) atoms. The number of hydrogen-bond acceptors (Lipinski definition) is 2. The van der Waals surface area contributed by atoms with E-state index < -0.39 is 5.82 Å². The van der Waals surface area contributed by atoms with Crippen LogP contribution in [-0.2, 0) is 0 Å². The minimum absolute atomic E-state index is 0.0861. The molecule has 0 saturated carbocycles. The summed E-state index contributed by atoms with van der Waals surface area (Å²) in [5.74, 6) is -0.0962. The van der Waals surface area contributed by atoms with Crippen molar-refractivity contribution in [3.05, 3.63) is 77.1 Å². The molecule has 0 radical (unpaired) electrons. The van der Waals surface area contributed by atoms with Gasteiger partial charge in [-0.15, -0.1) is 0 Å². The highest BCUT2D eigenvalue weighted by atomic mass is 35.5. The quantitative estimate of drug-likeness (QED) is 0.695. The van der Waals surface area contributed by atoms with Crippen LogP contribution >= 0.6 is 11.6 Å². The van der Waals surface area contributed by atoms with E-state index >= 15 is 0 Å². The zero-order chi connectivity index (χ0) is 16.9. The third-order valence-corrected chi connectivity index (χ3v) is 3.87. The lowest BCUT2D eigenvalue weighted by atomic mass is 10.1. The van der Waals surface area contributed by atoms with Crippen LogP contribution in [0.15, 0.2) is 60.7 Å². The Morgan fingerprint density at radius 1 is 1.04 bits per heavy atom. The number of hydrogen-bond donors (Lipinski definition) is 1. The van der Waals surface area contributed by atoms with Gasteiger partial charge in [0.1, 0.15) is 18.2 Å². The summed E-state index contributed by atoms with van der Waals surface area (Å²) in [7, 11) is 0. The first-order valence-electron chi connectivity index (χ1n) is 7.48. The molecule has 0 aliphatic rings. The molecule has 0 aliphatic heterocycles. The summed E-state index contributed by atoms with van der Waals surface area (Å²) in [6.07, 6.45) is 0. The van der Waals surface area contributed by atoms with Gasteiger partial charge >= 0.3 is 0 Å². The molecular weight excluding hydrogens is 329 g/mol. The number of fused-ring (bicyclic) bond motifs is 1. The van der Waals surface area contributed by atoms with Crippen LogP contribution in [0.5, 0.6) is 5.75 Å². The second-order valence-electron chi connectivity index (χ2n) is 5.24. The van der Waals surface area contributed by atoms with Crippen LogP contribution in [0, 0.1) is 5.82 Å². The molecule has 3 nitrogen and oxygen atoms in total. The number of ether oxygens (including phenoxy) is 1. The normalized spacial score (nSPS) is 10.6. The van der Waals surface area contributed by atoms with Gasteiger partial charge in [0, 0.05) is 0 Å². The maximum absolute atomic E-state index is 13.0. The summed E-state index contributed by atoms with van der Waals surface area (Å²) >= 11 is 5.86. The largest absolute Gasteiger partial charge is 0.492 e. The van der Waals surface area contributed by atoms with E-state index in [4.69, 9.17) is 16.3 Å². The van der Waals surface area contributed by atoms with E-state index in [2.05, 4.69) is 5.32 Å². The lowest BCUT2D eigenvalue weighted by molar-refractivity contribution is 0.0947. The fourth-order valence-corrected chi connectivity index (χ4v) is 2.61. The molecule has 0 heterocycles. The monoisotopic (exact) mass is 343 g/mol. The molecule has 1 N–H and O–H groups in total. The van der Waals surface area contributed by atoms with E-state index in [1.165, 1.54) is 12.1 Å². The van der Waals surface area contributed by atoms with Crippen LogP contribution in [-0.4, -0.2) is 19.1 Å². The summed E-state index contributed by atoms with van der Waals surface area (Å²) in [5, 5.41) is 5.02. The molecule has 0 aromatic heterocycles. The van der Waals surface area contributed by atoms with Gasteiger partial charge in [-0.05, 0) is 41.1 Å². The molecule has 3 aromatic carbocycles. The first-order valence-corrected chi connectivity index (χ1v) is 7.86. The molecule has 3 aromatic rings. The van der Waals surface area contributed by atoms with Gasteiger partial charge in [0.25, 0.3) is 5.91 Å². The van der Waals surface area contributed by atoms with Crippen molar-refractivity contribution in [3.8, 4) is 5.75 Å². The van der Waals surface area contributed by atoms with Crippen molar-refractivity contribution in [3.63, 3.8) is 0 Å². The number of nitrogens with one attached hydrogen (secondary N) is 1. The molecular formula is C19H15ClFNO2. The summed E-state index contributed by atoms with van der Waals surface area (Å²) in [4.78, 5) is 12.0. The van der Waals surface area contributed by atoms with Crippen molar-refractivity contribution in [2.75, 3.05) is 13.2 Å². The SMILES string of the molecule is O=C(NCCOc1ccc2ccccc2c1)c1ccc(F)cc1Cl. The zero-order valence-electron chi connectivity index (χ0n) is 12.8. The predicted molar refractivity (Wildman–Crippen MR) is 93.2 cm³/mol. The molecule has 0 saturated heterocycles. The van der Waals surface area contributed by atoms with Crippen LogP contribution in [0.25, 0.3) is 10.8 Å². The maximum Gasteiger partial charge on any atom is 0.252 e. The van der Waals surface area contributed by atoms with Gasteiger partial charge in [-0.2, -0.15) is 0 Å². The Morgan fingerprint density at radius 3 is 2.62 bits per heavy atom. The molecule has 0 unspecified atom stereocenters. The summed E-state index contributed by atoms with van der Waals surface area (Å²) in [6, 6.07) is 17.5. The minimum atomic E-state index is -0.476. The second kappa shape index (κ2) is 7.32. The number of amides is 1. The van der Waals surface area contributed by atoms with E-state index in [1.54, 1.807) is 0 Å². The third-order valence-electron chi connectivity index (χ3n) is 3.55. The lowest BCUT2D eigenvalue weighted by Crippen LogP contribution is -2.28. The van der Waals surface area contributed by atoms with E-state index in [-0.39, 0.29) is 16.5 Å². The highest BCUT2D eigenvalue weighted by molar-refractivity contribution is 6.33. The van der Waals surface area contributed by atoms with Crippen molar-refractivity contribution in [2.45, 2.75) is 0 Å². The molecule has 0 atom stereocenters. The first-order chi connectivity index (χ1) is 11.6. The third kappa shape index (κ3) is 3.84. The molecule has 0 aliphatic carbocycles. The van der Waals surface area contributed by atoms with E-state index in [0.717, 1.165) is 22.6 Å². The van der Waals surface area contributed by atoms with Crippen LogP contribution in [0.1, 0.15) is 10.4 Å². The Labute approximate surface area is 144 Å². The fourth-order valence-electron chi connectivity index (χ4n) is 2.36. The number of carbonyl (C=O) groups is 1. The average Bonchev–Trinajstić information content (AvgIpc) is 2.58. The highest BCUT2D eigenvalue weighted by Gasteiger charge is 2.10. The molecule has 0 fully saturated rings. The Morgan fingerprint density at radius 2 is 1.83 bits per heavy atom. The molecule has 0 bridgehead atoms. The Hall–Kier alpha value is -2.59. The topological polar surface area (TPSA) is 38.3 Å². The van der Waals surface area contributed by atoms with Gasteiger partial charge in [0.2, 0.25) is 0 Å². The number of carbonyl (C=O) groups excluding carboxylic acids is 1. The molecule has 0 spiro atoms. The zero-order valence-corrected chi connectivity index (χ0v) is 13.5. The van der Waals surface area contributed by atoms with Crippen LogP contribution in [0.4, 0.5) is 4.39 Å². The Bertz CT molecular complexity index is 882. The minimum Gasteiger partial charge on any atom is -0.492 e. The van der Waals surface area contributed by atoms with Crippen molar-refractivity contribution in [1.29, 1.82) is 0 Å². The van der Waals surface area contributed by atoms with Crippen LogP contribution < -0.4 is 10.1 Å². The van der Waals surface area contributed by atoms with Crippen LogP contribution in [0.3, 0.4) is 0 Å². The Balaban J connectivity index is 1.53. The van der Waals surface area contributed by atoms with Gasteiger partial charge < -0.3 is 10.1 Å². The fraction of sp³-hybridized carbons (Fsp3) is 0.105. The highest BCUT2D eigenvalue weighted by Crippen LogP contribution is 2.20. The average molecular weight is 344 g/mol. The predicted octanol–water partition coefficient (Wildman–Crippen LogP) is 4.44. The van der Waals surface area contributed by atoms with Crippen molar-refractivity contribution < 1.29 is 13.9 Å². The van der Waals surface area contributed by atoms with Gasteiger partial charge in [-0.1, -0.05) is 41.9 Å². The molecule has 3 rings (SSSR count). The number of rotatable bonds is 5. The Kier molecular flexibility index (Phi) is 4.96. The summed E-state index contributed by atoms with van der Waals surface area (Å²) in [6.45, 7) is 0.641. The second-order valence-corrected chi connectivity index (χ2v) is 5.64. The van der Waals surface area contributed by atoms with E-state index in [0.29, 0.717) is 13.2 Å². The van der Waals surface area contributed by atoms with Gasteiger partial charge in [-0.25, -0.2) is 4.39 Å². The molecule has 5 heteroatoms. The number of halogens is 2. The van der Waals surface area contributed by atoms with Crippen LogP contribution in [0.2, 0.25) is 5.02 Å². The molecule has 122 valence electrons. The van der Waals surface area contributed by atoms with Crippen molar-refractivity contribution in [1.82, 2.24) is 5.32 Å². The maximum atomic E-state index is 13.0.